The van der Waals surface area contributed by atoms with Crippen LogP contribution in [0.15, 0.2) is 24.3 Å². The first kappa shape index (κ1) is 19.6. The van der Waals surface area contributed by atoms with Crippen molar-refractivity contribution >= 4 is 17.7 Å². The Balaban J connectivity index is 1.75. The van der Waals surface area contributed by atoms with Gasteiger partial charge in [0.15, 0.2) is 0 Å². The van der Waals surface area contributed by atoms with E-state index in [9.17, 15) is 14.4 Å². The molecule has 0 bridgehead atoms. The quantitative estimate of drug-likeness (QED) is 0.775. The third-order valence-corrected chi connectivity index (χ3v) is 5.12. The van der Waals surface area contributed by atoms with E-state index in [4.69, 9.17) is 5.73 Å². The van der Waals surface area contributed by atoms with Crippen molar-refractivity contribution in [3.8, 4) is 11.1 Å². The number of hydrogen-bond acceptors (Lipinski definition) is 4. The van der Waals surface area contributed by atoms with E-state index in [-0.39, 0.29) is 24.1 Å². The number of hydrogen-bond donors (Lipinski definition) is 2. The van der Waals surface area contributed by atoms with Gasteiger partial charge < -0.3 is 16.0 Å². The lowest BCUT2D eigenvalue weighted by Crippen LogP contribution is -2.40. The maximum atomic E-state index is 12.4. The number of aryl methyl sites for hydroxylation is 2. The van der Waals surface area contributed by atoms with Gasteiger partial charge in [0.25, 0.3) is 5.91 Å². The Labute approximate surface area is 163 Å². The zero-order valence-electron chi connectivity index (χ0n) is 16.4. The summed E-state index contributed by atoms with van der Waals surface area (Å²) in [7, 11) is 1.73. The van der Waals surface area contributed by atoms with Crippen LogP contribution in [-0.2, 0) is 16.1 Å². The van der Waals surface area contributed by atoms with E-state index < -0.39 is 6.04 Å². The summed E-state index contributed by atoms with van der Waals surface area (Å²) >= 11 is 0. The molecule has 1 aliphatic rings. The molecule has 0 radical (unpaired) electrons. The number of carbonyl (C=O) groups is 3. The van der Waals surface area contributed by atoms with Crippen LogP contribution in [0, 0.1) is 13.8 Å². The summed E-state index contributed by atoms with van der Waals surface area (Å²) in [5, 5.41) is 7.29. The highest BCUT2D eigenvalue weighted by molar-refractivity contribution is 5.98. The average Bonchev–Trinajstić information content (AvgIpc) is 3.12. The molecule has 1 aliphatic heterocycles. The van der Waals surface area contributed by atoms with E-state index in [1.807, 2.05) is 26.0 Å². The Morgan fingerprint density at radius 3 is 2.50 bits per heavy atom. The predicted octanol–water partition coefficient (Wildman–Crippen LogP) is 1.00. The minimum Gasteiger partial charge on any atom is -0.370 e. The number of nitrogens with zero attached hydrogens (tertiary/aromatic N) is 3. The van der Waals surface area contributed by atoms with Gasteiger partial charge in [-0.3, -0.25) is 19.1 Å². The number of carbonyl (C=O) groups excluding carboxylic acids is 3. The van der Waals surface area contributed by atoms with Crippen molar-refractivity contribution in [2.75, 3.05) is 13.6 Å². The van der Waals surface area contributed by atoms with E-state index in [2.05, 4.69) is 10.4 Å². The van der Waals surface area contributed by atoms with Gasteiger partial charge in [-0.25, -0.2) is 0 Å². The number of likely N-dealkylation sites (N-methyl/N-ethyl adjacent to an activating group) is 1. The maximum absolute atomic E-state index is 12.4. The highest BCUT2D eigenvalue weighted by atomic mass is 16.2. The highest BCUT2D eigenvalue weighted by Crippen LogP contribution is 2.27. The molecule has 0 aliphatic carbocycles. The third kappa shape index (κ3) is 3.90. The van der Waals surface area contributed by atoms with E-state index in [1.54, 1.807) is 28.8 Å². The lowest BCUT2D eigenvalue weighted by Gasteiger charge is -2.12. The monoisotopic (exact) mass is 383 g/mol. The lowest BCUT2D eigenvalue weighted by atomic mass is 10.0. The van der Waals surface area contributed by atoms with Gasteiger partial charge >= 0.3 is 0 Å². The summed E-state index contributed by atoms with van der Waals surface area (Å²) < 4.78 is 1.78. The minimum atomic E-state index is -0.454. The van der Waals surface area contributed by atoms with Crippen molar-refractivity contribution in [2.24, 2.45) is 5.73 Å². The van der Waals surface area contributed by atoms with Crippen LogP contribution in [0.1, 0.15) is 34.6 Å². The molecule has 0 saturated carbocycles. The van der Waals surface area contributed by atoms with Crippen LogP contribution in [0.5, 0.6) is 0 Å². The number of benzene rings is 1. The number of aromatic nitrogens is 2. The molecule has 1 saturated heterocycles. The standard InChI is InChI=1S/C20H25N5O3/c1-12-18(13(2)25(23-12)11-9-17(21)26)14-4-6-15(7-5-14)19(27)22-16-8-10-24(3)20(16)28/h4-7,16H,8-11H2,1-3H3,(H2,21,26)(H,22,27)/t16-/m0/s1. The largest absolute Gasteiger partial charge is 0.370 e. The molecule has 28 heavy (non-hydrogen) atoms. The first-order chi connectivity index (χ1) is 13.3. The van der Waals surface area contributed by atoms with Crippen LogP contribution in [0.3, 0.4) is 0 Å². The molecule has 2 heterocycles. The first-order valence-corrected chi connectivity index (χ1v) is 9.26. The molecule has 8 nitrogen and oxygen atoms in total. The number of nitrogens with two attached hydrogens (primary N) is 1. The zero-order chi connectivity index (χ0) is 20.4. The first-order valence-electron chi connectivity index (χ1n) is 9.26. The van der Waals surface area contributed by atoms with Crippen molar-refractivity contribution < 1.29 is 14.4 Å². The molecule has 0 unspecified atom stereocenters. The van der Waals surface area contributed by atoms with Crippen molar-refractivity contribution in [1.29, 1.82) is 0 Å². The van der Waals surface area contributed by atoms with E-state index in [1.165, 1.54) is 0 Å². The van der Waals surface area contributed by atoms with Crippen LogP contribution in [0.4, 0.5) is 0 Å². The third-order valence-electron chi connectivity index (χ3n) is 5.12. The Kier molecular flexibility index (Phi) is 5.48. The van der Waals surface area contributed by atoms with Crippen LogP contribution >= 0.6 is 0 Å². The summed E-state index contributed by atoms with van der Waals surface area (Å²) in [6.07, 6.45) is 0.859. The van der Waals surface area contributed by atoms with Crippen molar-refractivity contribution in [2.45, 2.75) is 39.3 Å². The highest BCUT2D eigenvalue weighted by Gasteiger charge is 2.30. The number of amides is 3. The van der Waals surface area contributed by atoms with Gasteiger partial charge in [0, 0.05) is 43.4 Å². The Hall–Kier alpha value is -3.16. The fourth-order valence-electron chi connectivity index (χ4n) is 3.53. The number of rotatable bonds is 6. The SMILES string of the molecule is Cc1nn(CCC(N)=O)c(C)c1-c1ccc(C(=O)N[C@H]2CCN(C)C2=O)cc1. The molecule has 2 aromatic rings. The van der Waals surface area contributed by atoms with Crippen LogP contribution in [0.25, 0.3) is 11.1 Å². The molecule has 148 valence electrons. The van der Waals surface area contributed by atoms with Gasteiger partial charge in [-0.1, -0.05) is 12.1 Å². The van der Waals surface area contributed by atoms with Crippen molar-refractivity contribution in [3.05, 3.63) is 41.2 Å². The Morgan fingerprint density at radius 1 is 1.25 bits per heavy atom. The lowest BCUT2D eigenvalue weighted by molar-refractivity contribution is -0.128. The Bertz CT molecular complexity index is 917. The molecule has 0 spiro atoms. The summed E-state index contributed by atoms with van der Waals surface area (Å²) in [5.41, 5.74) is 9.43. The van der Waals surface area contributed by atoms with Crippen LogP contribution in [-0.4, -0.2) is 52.0 Å². The average molecular weight is 383 g/mol. The zero-order valence-corrected chi connectivity index (χ0v) is 16.4. The molecule has 1 atom stereocenters. The maximum Gasteiger partial charge on any atom is 0.251 e. The topological polar surface area (TPSA) is 110 Å². The van der Waals surface area contributed by atoms with E-state index >= 15 is 0 Å². The summed E-state index contributed by atoms with van der Waals surface area (Å²) in [4.78, 5) is 37.1. The molecular weight excluding hydrogens is 358 g/mol. The summed E-state index contributed by atoms with van der Waals surface area (Å²) in [5.74, 6) is -0.679. The van der Waals surface area contributed by atoms with Gasteiger partial charge in [-0.05, 0) is 38.0 Å². The van der Waals surface area contributed by atoms with Crippen molar-refractivity contribution in [3.63, 3.8) is 0 Å². The van der Waals surface area contributed by atoms with Crippen LogP contribution in [0.2, 0.25) is 0 Å². The molecule has 3 N–H and O–H groups in total. The number of primary amides is 1. The number of likely N-dealkylation sites (tertiary alicyclic amines) is 1. The van der Waals surface area contributed by atoms with E-state index in [0.717, 1.165) is 22.5 Å². The van der Waals surface area contributed by atoms with Gasteiger partial charge in [-0.15, -0.1) is 0 Å². The summed E-state index contributed by atoms with van der Waals surface area (Å²) in [6.45, 7) is 4.94. The normalized spacial score (nSPS) is 16.5. The van der Waals surface area contributed by atoms with Gasteiger partial charge in [0.05, 0.1) is 5.69 Å². The second kappa shape index (κ2) is 7.84. The predicted molar refractivity (Wildman–Crippen MR) is 104 cm³/mol. The number of nitrogens with one attached hydrogen (secondary N) is 1. The van der Waals surface area contributed by atoms with Crippen LogP contribution < -0.4 is 11.1 Å². The molecule has 3 rings (SSSR count). The van der Waals surface area contributed by atoms with Crippen molar-refractivity contribution in [1.82, 2.24) is 20.0 Å². The molecule has 1 fully saturated rings. The van der Waals surface area contributed by atoms with E-state index in [0.29, 0.717) is 25.1 Å². The molecule has 3 amide bonds. The Morgan fingerprint density at radius 2 is 1.93 bits per heavy atom. The minimum absolute atomic E-state index is 0.0559. The second-order valence-corrected chi connectivity index (χ2v) is 7.14. The van der Waals surface area contributed by atoms with Gasteiger partial charge in [-0.2, -0.15) is 5.10 Å². The molecule has 1 aromatic heterocycles. The fourth-order valence-corrected chi connectivity index (χ4v) is 3.53. The smallest absolute Gasteiger partial charge is 0.251 e. The molecular formula is C20H25N5O3. The van der Waals surface area contributed by atoms with Gasteiger partial charge in [0.2, 0.25) is 11.8 Å². The summed E-state index contributed by atoms with van der Waals surface area (Å²) in [6, 6.07) is 6.77. The molecule has 8 heteroatoms. The second-order valence-electron chi connectivity index (χ2n) is 7.14. The molecule has 1 aromatic carbocycles. The fraction of sp³-hybridized carbons (Fsp3) is 0.400. The van der Waals surface area contributed by atoms with Gasteiger partial charge in [0.1, 0.15) is 6.04 Å².